The van der Waals surface area contributed by atoms with Crippen LogP contribution in [0.15, 0.2) is 24.3 Å². The molecule has 0 aromatic heterocycles. The van der Waals surface area contributed by atoms with Gasteiger partial charge in [0, 0.05) is 18.2 Å². The molecular formula is C14H14F2N2O2. The molecule has 4 nitrogen and oxygen atoms in total. The van der Waals surface area contributed by atoms with Crippen LogP contribution < -0.4 is 5.73 Å². The number of rotatable bonds is 3. The van der Waals surface area contributed by atoms with Gasteiger partial charge in [0.15, 0.2) is 0 Å². The molecule has 1 fully saturated rings. The van der Waals surface area contributed by atoms with Crippen molar-refractivity contribution in [3.8, 4) is 0 Å². The Labute approximate surface area is 114 Å². The third-order valence-electron chi connectivity index (χ3n) is 3.26. The number of hydrogen-bond acceptors (Lipinski definition) is 2. The average molecular weight is 280 g/mol. The van der Waals surface area contributed by atoms with E-state index in [0.717, 1.165) is 24.3 Å². The highest BCUT2D eigenvalue weighted by atomic mass is 19.1. The van der Waals surface area contributed by atoms with Gasteiger partial charge in [-0.05, 0) is 31.1 Å². The normalized spacial score (nSPS) is 18.7. The van der Waals surface area contributed by atoms with Gasteiger partial charge >= 0.3 is 0 Å². The summed E-state index contributed by atoms with van der Waals surface area (Å²) in [7, 11) is 0. The van der Waals surface area contributed by atoms with Crippen LogP contribution >= 0.6 is 0 Å². The van der Waals surface area contributed by atoms with Crippen molar-refractivity contribution in [1.29, 1.82) is 0 Å². The van der Waals surface area contributed by atoms with Gasteiger partial charge in [-0.1, -0.05) is 6.07 Å². The number of amides is 2. The molecule has 0 unspecified atom stereocenters. The van der Waals surface area contributed by atoms with E-state index >= 15 is 0 Å². The fraction of sp³-hybridized carbons (Fsp3) is 0.286. The number of hydrogen-bond donors (Lipinski definition) is 1. The number of carbonyl (C=O) groups excluding carboxylic acids is 2. The Hall–Kier alpha value is -2.24. The molecule has 2 rings (SSSR count). The van der Waals surface area contributed by atoms with Gasteiger partial charge in [0.25, 0.3) is 0 Å². The van der Waals surface area contributed by atoms with Crippen molar-refractivity contribution in [2.75, 3.05) is 6.54 Å². The smallest absolute Gasteiger partial charge is 0.247 e. The number of primary amides is 1. The first kappa shape index (κ1) is 14.2. The van der Waals surface area contributed by atoms with Crippen LogP contribution in [0.5, 0.6) is 0 Å². The lowest BCUT2D eigenvalue weighted by Gasteiger charge is -2.20. The molecule has 0 aliphatic carbocycles. The van der Waals surface area contributed by atoms with Crippen LogP contribution in [0.25, 0.3) is 6.08 Å². The van der Waals surface area contributed by atoms with Gasteiger partial charge in [-0.2, -0.15) is 0 Å². The van der Waals surface area contributed by atoms with E-state index in [0.29, 0.717) is 19.4 Å². The van der Waals surface area contributed by atoms with Crippen molar-refractivity contribution < 1.29 is 18.4 Å². The summed E-state index contributed by atoms with van der Waals surface area (Å²) in [5, 5.41) is 0. The minimum absolute atomic E-state index is 0.282. The van der Waals surface area contributed by atoms with E-state index in [1.165, 1.54) is 11.0 Å². The van der Waals surface area contributed by atoms with Crippen molar-refractivity contribution in [3.63, 3.8) is 0 Å². The lowest BCUT2D eigenvalue weighted by molar-refractivity contribution is -0.133. The summed E-state index contributed by atoms with van der Waals surface area (Å²) in [4.78, 5) is 24.4. The second kappa shape index (κ2) is 5.81. The fourth-order valence-corrected chi connectivity index (χ4v) is 2.25. The number of benzene rings is 1. The van der Waals surface area contributed by atoms with Crippen LogP contribution in [-0.2, 0) is 9.59 Å². The Morgan fingerprint density at radius 2 is 1.95 bits per heavy atom. The van der Waals surface area contributed by atoms with Gasteiger partial charge in [0.1, 0.15) is 17.7 Å². The van der Waals surface area contributed by atoms with Gasteiger partial charge in [-0.25, -0.2) is 8.78 Å². The molecule has 1 saturated heterocycles. The van der Waals surface area contributed by atoms with Gasteiger partial charge < -0.3 is 10.6 Å². The summed E-state index contributed by atoms with van der Waals surface area (Å²) in [6, 6.07) is 2.82. The lowest BCUT2D eigenvalue weighted by Crippen LogP contribution is -2.43. The second-order valence-corrected chi connectivity index (χ2v) is 4.56. The lowest BCUT2D eigenvalue weighted by atomic mass is 10.1. The van der Waals surface area contributed by atoms with E-state index < -0.39 is 29.5 Å². The Morgan fingerprint density at radius 1 is 1.30 bits per heavy atom. The molecule has 0 radical (unpaired) electrons. The SMILES string of the molecule is NC(=O)[C@@H]1CCCN1C(=O)/C=C/c1c(F)cccc1F. The Bertz CT molecular complexity index is 552. The molecular weight excluding hydrogens is 266 g/mol. The van der Waals surface area contributed by atoms with Crippen molar-refractivity contribution in [2.24, 2.45) is 5.73 Å². The van der Waals surface area contributed by atoms with E-state index in [1.54, 1.807) is 0 Å². The largest absolute Gasteiger partial charge is 0.368 e. The summed E-state index contributed by atoms with van der Waals surface area (Å²) in [6.07, 6.45) is 3.33. The third kappa shape index (κ3) is 2.84. The predicted octanol–water partition coefficient (Wildman–Crippen LogP) is 1.45. The highest BCUT2D eigenvalue weighted by Gasteiger charge is 2.31. The van der Waals surface area contributed by atoms with Crippen LogP contribution in [0.4, 0.5) is 8.78 Å². The van der Waals surface area contributed by atoms with Crippen molar-refractivity contribution in [2.45, 2.75) is 18.9 Å². The standard InChI is InChI=1S/C14H14F2N2O2/c15-10-3-1-4-11(16)9(10)6-7-13(19)18-8-2-5-12(18)14(17)20/h1,3-4,6-7,12H,2,5,8H2,(H2,17,20)/b7-6+/t12-/m0/s1. The van der Waals surface area contributed by atoms with Crippen LogP contribution in [0.3, 0.4) is 0 Å². The Balaban J connectivity index is 2.15. The zero-order valence-electron chi connectivity index (χ0n) is 10.7. The number of nitrogens with two attached hydrogens (primary N) is 1. The van der Waals surface area contributed by atoms with Gasteiger partial charge in [-0.3, -0.25) is 9.59 Å². The third-order valence-corrected chi connectivity index (χ3v) is 3.26. The van der Waals surface area contributed by atoms with Crippen molar-refractivity contribution in [3.05, 3.63) is 41.5 Å². The van der Waals surface area contributed by atoms with Gasteiger partial charge in [0.2, 0.25) is 11.8 Å². The molecule has 1 aromatic rings. The molecule has 1 heterocycles. The number of nitrogens with zero attached hydrogens (tertiary/aromatic N) is 1. The molecule has 1 atom stereocenters. The molecule has 6 heteroatoms. The zero-order chi connectivity index (χ0) is 14.7. The average Bonchev–Trinajstić information content (AvgIpc) is 2.87. The van der Waals surface area contributed by atoms with Gasteiger partial charge in [0.05, 0.1) is 0 Å². The van der Waals surface area contributed by atoms with E-state index in [9.17, 15) is 18.4 Å². The van der Waals surface area contributed by atoms with E-state index in [2.05, 4.69) is 0 Å². The maximum atomic E-state index is 13.4. The fourth-order valence-electron chi connectivity index (χ4n) is 2.25. The summed E-state index contributed by atoms with van der Waals surface area (Å²) in [5.74, 6) is -2.54. The molecule has 2 N–H and O–H groups in total. The first-order chi connectivity index (χ1) is 9.50. The molecule has 0 saturated carbocycles. The number of likely N-dealkylation sites (tertiary alicyclic amines) is 1. The second-order valence-electron chi connectivity index (χ2n) is 4.56. The highest BCUT2D eigenvalue weighted by Crippen LogP contribution is 2.18. The first-order valence-corrected chi connectivity index (χ1v) is 6.22. The maximum absolute atomic E-state index is 13.4. The topological polar surface area (TPSA) is 63.4 Å². The van der Waals surface area contributed by atoms with E-state index in [1.807, 2.05) is 0 Å². The van der Waals surface area contributed by atoms with E-state index in [-0.39, 0.29) is 5.56 Å². The maximum Gasteiger partial charge on any atom is 0.247 e. The number of carbonyl (C=O) groups is 2. The van der Waals surface area contributed by atoms with Crippen LogP contribution in [0.2, 0.25) is 0 Å². The molecule has 1 aliphatic rings. The molecule has 1 aromatic carbocycles. The van der Waals surface area contributed by atoms with Crippen molar-refractivity contribution >= 4 is 17.9 Å². The summed E-state index contributed by atoms with van der Waals surface area (Å²) in [5.41, 5.74) is 4.92. The van der Waals surface area contributed by atoms with Crippen LogP contribution in [-0.4, -0.2) is 29.3 Å². The zero-order valence-corrected chi connectivity index (χ0v) is 10.7. The molecule has 20 heavy (non-hydrogen) atoms. The highest BCUT2D eigenvalue weighted by molar-refractivity contribution is 5.95. The molecule has 0 bridgehead atoms. The minimum Gasteiger partial charge on any atom is -0.368 e. The summed E-state index contributed by atoms with van der Waals surface area (Å²) >= 11 is 0. The summed E-state index contributed by atoms with van der Waals surface area (Å²) < 4.78 is 26.8. The van der Waals surface area contributed by atoms with E-state index in [4.69, 9.17) is 5.73 Å². The van der Waals surface area contributed by atoms with Gasteiger partial charge in [-0.15, -0.1) is 0 Å². The molecule has 106 valence electrons. The Kier molecular flexibility index (Phi) is 4.12. The molecule has 2 amide bonds. The first-order valence-electron chi connectivity index (χ1n) is 6.22. The van der Waals surface area contributed by atoms with Crippen molar-refractivity contribution in [1.82, 2.24) is 4.90 Å². The van der Waals surface area contributed by atoms with Crippen LogP contribution in [0.1, 0.15) is 18.4 Å². The molecule has 0 spiro atoms. The predicted molar refractivity (Wildman–Crippen MR) is 69.3 cm³/mol. The van der Waals surface area contributed by atoms with Crippen LogP contribution in [0, 0.1) is 11.6 Å². The quantitative estimate of drug-likeness (QED) is 0.852. The molecule has 1 aliphatic heterocycles. The number of halogens is 2. The Morgan fingerprint density at radius 3 is 2.55 bits per heavy atom. The minimum atomic E-state index is -0.748. The summed E-state index contributed by atoms with van der Waals surface area (Å²) in [6.45, 7) is 0.413. The monoisotopic (exact) mass is 280 g/mol.